The highest BCUT2D eigenvalue weighted by Gasteiger charge is 2.17. The van der Waals surface area contributed by atoms with E-state index < -0.39 is 0 Å². The maximum absolute atomic E-state index is 6.41. The van der Waals surface area contributed by atoms with Crippen molar-refractivity contribution in [2.75, 3.05) is 0 Å². The maximum Gasteiger partial charge on any atom is 0.0900 e. The van der Waals surface area contributed by atoms with E-state index in [1.165, 1.54) is 42.6 Å². The van der Waals surface area contributed by atoms with E-state index >= 15 is 0 Å². The van der Waals surface area contributed by atoms with Crippen molar-refractivity contribution in [2.24, 2.45) is 5.73 Å². The molecule has 1 heterocycles. The van der Waals surface area contributed by atoms with Gasteiger partial charge in [0.15, 0.2) is 0 Å². The van der Waals surface area contributed by atoms with Crippen LogP contribution in [0.2, 0.25) is 0 Å². The van der Waals surface area contributed by atoms with Crippen LogP contribution in [0.1, 0.15) is 60.1 Å². The van der Waals surface area contributed by atoms with Gasteiger partial charge in [-0.15, -0.1) is 11.3 Å². The Morgan fingerprint density at radius 3 is 2.71 bits per heavy atom. The number of nitrogens with zero attached hydrogens (tertiary/aromatic N) is 1. The highest BCUT2D eigenvalue weighted by molar-refractivity contribution is 7.11. The first-order valence-electron chi connectivity index (χ1n) is 6.57. The van der Waals surface area contributed by atoms with Crippen molar-refractivity contribution in [3.63, 3.8) is 0 Å². The minimum absolute atomic E-state index is 0.0827. The van der Waals surface area contributed by atoms with E-state index in [0.29, 0.717) is 0 Å². The van der Waals surface area contributed by atoms with E-state index in [2.05, 4.69) is 24.9 Å². The average molecular weight is 250 g/mol. The SMILES string of the molecule is Cc1nc(C)c(C(N)C2=CCCCCCC2)s1. The Kier molecular flexibility index (Phi) is 4.35. The molecule has 1 aromatic rings. The third-order valence-electron chi connectivity index (χ3n) is 3.45. The van der Waals surface area contributed by atoms with Gasteiger partial charge in [0, 0.05) is 4.88 Å². The first-order chi connectivity index (χ1) is 8.18. The van der Waals surface area contributed by atoms with Crippen LogP contribution in [0.4, 0.5) is 0 Å². The molecule has 1 aliphatic carbocycles. The van der Waals surface area contributed by atoms with Crippen LogP contribution in [0, 0.1) is 13.8 Å². The molecule has 2 N–H and O–H groups in total. The lowest BCUT2D eigenvalue weighted by molar-refractivity contribution is 0.603. The van der Waals surface area contributed by atoms with Gasteiger partial charge in [-0.2, -0.15) is 0 Å². The molecular formula is C14H22N2S. The molecule has 17 heavy (non-hydrogen) atoms. The Morgan fingerprint density at radius 2 is 2.00 bits per heavy atom. The highest BCUT2D eigenvalue weighted by Crippen LogP contribution is 2.31. The summed E-state index contributed by atoms with van der Waals surface area (Å²) in [5, 5.41) is 1.12. The molecule has 0 aromatic carbocycles. The largest absolute Gasteiger partial charge is 0.320 e. The van der Waals surface area contributed by atoms with Gasteiger partial charge in [-0.3, -0.25) is 0 Å². The van der Waals surface area contributed by atoms with Gasteiger partial charge in [-0.1, -0.05) is 24.5 Å². The summed E-state index contributed by atoms with van der Waals surface area (Å²) in [6, 6.07) is 0.0827. The Bertz CT molecular complexity index is 406. The highest BCUT2D eigenvalue weighted by atomic mass is 32.1. The summed E-state index contributed by atoms with van der Waals surface area (Å²) in [6.07, 6.45) is 10.1. The molecule has 0 fully saturated rings. The molecule has 0 saturated heterocycles. The van der Waals surface area contributed by atoms with Gasteiger partial charge in [0.2, 0.25) is 0 Å². The van der Waals surface area contributed by atoms with Crippen molar-refractivity contribution in [2.45, 2.75) is 58.4 Å². The maximum atomic E-state index is 6.41. The lowest BCUT2D eigenvalue weighted by Gasteiger charge is -2.17. The Morgan fingerprint density at radius 1 is 1.24 bits per heavy atom. The number of aromatic nitrogens is 1. The number of hydrogen-bond acceptors (Lipinski definition) is 3. The summed E-state index contributed by atoms with van der Waals surface area (Å²) in [4.78, 5) is 5.74. The van der Waals surface area contributed by atoms with Gasteiger partial charge in [-0.05, 0) is 39.5 Å². The molecule has 0 amide bonds. The normalized spacial score (nSPS) is 19.4. The second kappa shape index (κ2) is 5.78. The average Bonchev–Trinajstić information content (AvgIpc) is 2.56. The lowest BCUT2D eigenvalue weighted by Crippen LogP contribution is -2.14. The number of allylic oxidation sites excluding steroid dienone is 1. The molecule has 0 saturated carbocycles. The predicted octanol–water partition coefficient (Wildman–Crippen LogP) is 4.04. The quantitative estimate of drug-likeness (QED) is 0.805. The van der Waals surface area contributed by atoms with Crippen LogP contribution >= 0.6 is 11.3 Å². The van der Waals surface area contributed by atoms with Crippen molar-refractivity contribution in [3.05, 3.63) is 27.2 Å². The third-order valence-corrected chi connectivity index (χ3v) is 4.60. The molecule has 1 aromatic heterocycles. The fourth-order valence-electron chi connectivity index (χ4n) is 2.50. The molecule has 0 radical (unpaired) electrons. The lowest BCUT2D eigenvalue weighted by atomic mass is 9.94. The van der Waals surface area contributed by atoms with Crippen LogP contribution in [-0.2, 0) is 0 Å². The predicted molar refractivity (Wildman–Crippen MR) is 74.3 cm³/mol. The van der Waals surface area contributed by atoms with E-state index in [-0.39, 0.29) is 6.04 Å². The van der Waals surface area contributed by atoms with Crippen LogP contribution in [0.3, 0.4) is 0 Å². The van der Waals surface area contributed by atoms with Gasteiger partial charge in [0.05, 0.1) is 16.7 Å². The van der Waals surface area contributed by atoms with E-state index in [0.717, 1.165) is 17.1 Å². The fourth-order valence-corrected chi connectivity index (χ4v) is 3.48. The van der Waals surface area contributed by atoms with Crippen LogP contribution in [-0.4, -0.2) is 4.98 Å². The third kappa shape index (κ3) is 3.17. The summed E-state index contributed by atoms with van der Waals surface area (Å²) >= 11 is 1.75. The molecule has 94 valence electrons. The number of aryl methyl sites for hydroxylation is 2. The smallest absolute Gasteiger partial charge is 0.0900 e. The molecular weight excluding hydrogens is 228 g/mol. The van der Waals surface area contributed by atoms with Crippen LogP contribution < -0.4 is 5.73 Å². The molecule has 0 bridgehead atoms. The molecule has 1 aliphatic rings. The van der Waals surface area contributed by atoms with Gasteiger partial charge < -0.3 is 5.73 Å². The van der Waals surface area contributed by atoms with E-state index in [9.17, 15) is 0 Å². The number of rotatable bonds is 2. The molecule has 3 heteroatoms. The Hall–Kier alpha value is -0.670. The molecule has 0 aliphatic heterocycles. The first-order valence-corrected chi connectivity index (χ1v) is 7.38. The van der Waals surface area contributed by atoms with Crippen molar-refractivity contribution >= 4 is 11.3 Å². The number of nitrogens with two attached hydrogens (primary N) is 1. The van der Waals surface area contributed by atoms with Crippen LogP contribution in [0.15, 0.2) is 11.6 Å². The summed E-state index contributed by atoms with van der Waals surface area (Å²) in [6.45, 7) is 4.13. The summed E-state index contributed by atoms with van der Waals surface area (Å²) in [5.41, 5.74) is 8.95. The van der Waals surface area contributed by atoms with Crippen LogP contribution in [0.5, 0.6) is 0 Å². The van der Waals surface area contributed by atoms with Gasteiger partial charge >= 0.3 is 0 Å². The number of hydrogen-bond donors (Lipinski definition) is 1. The minimum atomic E-state index is 0.0827. The Balaban J connectivity index is 2.17. The second-order valence-corrected chi connectivity index (χ2v) is 6.13. The zero-order valence-electron chi connectivity index (χ0n) is 10.8. The molecule has 0 spiro atoms. The zero-order valence-corrected chi connectivity index (χ0v) is 11.6. The Labute approximate surface area is 108 Å². The van der Waals surface area contributed by atoms with Crippen molar-refractivity contribution in [1.82, 2.24) is 4.98 Å². The summed E-state index contributed by atoms with van der Waals surface area (Å²) in [5.74, 6) is 0. The topological polar surface area (TPSA) is 38.9 Å². The van der Waals surface area contributed by atoms with Gasteiger partial charge in [0.25, 0.3) is 0 Å². The van der Waals surface area contributed by atoms with Gasteiger partial charge in [0.1, 0.15) is 0 Å². The molecule has 2 rings (SSSR count). The zero-order chi connectivity index (χ0) is 12.3. The number of thiazole rings is 1. The monoisotopic (exact) mass is 250 g/mol. The second-order valence-electron chi connectivity index (χ2n) is 4.89. The molecule has 1 atom stereocenters. The minimum Gasteiger partial charge on any atom is -0.320 e. The van der Waals surface area contributed by atoms with E-state index in [4.69, 9.17) is 5.73 Å². The summed E-state index contributed by atoms with van der Waals surface area (Å²) in [7, 11) is 0. The van der Waals surface area contributed by atoms with E-state index in [1.54, 1.807) is 11.3 Å². The van der Waals surface area contributed by atoms with Crippen LogP contribution in [0.25, 0.3) is 0 Å². The van der Waals surface area contributed by atoms with Crippen molar-refractivity contribution < 1.29 is 0 Å². The molecule has 2 nitrogen and oxygen atoms in total. The van der Waals surface area contributed by atoms with E-state index in [1.807, 2.05) is 0 Å². The molecule has 1 unspecified atom stereocenters. The van der Waals surface area contributed by atoms with Gasteiger partial charge in [-0.25, -0.2) is 4.98 Å². The fraction of sp³-hybridized carbons (Fsp3) is 0.643. The summed E-state index contributed by atoms with van der Waals surface area (Å²) < 4.78 is 0. The van der Waals surface area contributed by atoms with Crippen molar-refractivity contribution in [3.8, 4) is 0 Å². The standard InChI is InChI=1S/C14H22N2S/c1-10-14(17-11(2)16-10)13(15)12-8-6-4-3-5-7-9-12/h8,13H,3-7,9,15H2,1-2H3. The van der Waals surface area contributed by atoms with Crippen molar-refractivity contribution in [1.29, 1.82) is 0 Å². The first kappa shape index (κ1) is 12.8.